The van der Waals surface area contributed by atoms with Crippen molar-refractivity contribution in [3.8, 4) is 5.75 Å². The maximum absolute atomic E-state index is 13.7. The van der Waals surface area contributed by atoms with Crippen molar-refractivity contribution in [3.63, 3.8) is 0 Å². The van der Waals surface area contributed by atoms with Gasteiger partial charge in [0, 0.05) is 17.0 Å². The van der Waals surface area contributed by atoms with Crippen LogP contribution >= 0.6 is 15.9 Å². The standard InChI is InChI=1S/C14H10BrF2NO3/c15-7-9-2-1-3-12(17)14(9)21-8-10-6-11(16)4-5-13(10)18(19)20/h1-6H,7-8H2. The van der Waals surface area contributed by atoms with Crippen LogP contribution in [0, 0.1) is 21.7 Å². The molecule has 0 aliphatic rings. The van der Waals surface area contributed by atoms with Crippen LogP contribution in [0.15, 0.2) is 36.4 Å². The van der Waals surface area contributed by atoms with Gasteiger partial charge in [-0.1, -0.05) is 28.1 Å². The van der Waals surface area contributed by atoms with Crippen molar-refractivity contribution in [2.24, 2.45) is 0 Å². The van der Waals surface area contributed by atoms with Crippen molar-refractivity contribution in [1.29, 1.82) is 0 Å². The summed E-state index contributed by atoms with van der Waals surface area (Å²) in [6.07, 6.45) is 0. The molecule has 0 aliphatic carbocycles. The van der Waals surface area contributed by atoms with Crippen molar-refractivity contribution in [2.45, 2.75) is 11.9 Å². The summed E-state index contributed by atoms with van der Waals surface area (Å²) >= 11 is 3.20. The molecule has 2 rings (SSSR count). The minimum Gasteiger partial charge on any atom is -0.485 e. The van der Waals surface area contributed by atoms with Gasteiger partial charge in [-0.25, -0.2) is 8.78 Å². The van der Waals surface area contributed by atoms with Gasteiger partial charge in [0.2, 0.25) is 0 Å². The Morgan fingerprint density at radius 2 is 1.95 bits per heavy atom. The minimum atomic E-state index is -0.634. The van der Waals surface area contributed by atoms with Crippen LogP contribution in [0.4, 0.5) is 14.5 Å². The Morgan fingerprint density at radius 3 is 2.62 bits per heavy atom. The quantitative estimate of drug-likeness (QED) is 0.454. The highest BCUT2D eigenvalue weighted by molar-refractivity contribution is 9.08. The highest BCUT2D eigenvalue weighted by atomic mass is 79.9. The molecule has 0 saturated heterocycles. The van der Waals surface area contributed by atoms with Gasteiger partial charge < -0.3 is 4.74 Å². The van der Waals surface area contributed by atoms with Crippen molar-refractivity contribution in [1.82, 2.24) is 0 Å². The number of nitro benzene ring substituents is 1. The Kier molecular flexibility index (Phi) is 4.85. The van der Waals surface area contributed by atoms with Gasteiger partial charge >= 0.3 is 0 Å². The van der Waals surface area contributed by atoms with Crippen LogP contribution in [0.5, 0.6) is 5.75 Å². The van der Waals surface area contributed by atoms with E-state index in [0.717, 1.165) is 18.2 Å². The normalized spacial score (nSPS) is 10.4. The Balaban J connectivity index is 2.28. The van der Waals surface area contributed by atoms with Crippen LogP contribution in [0.25, 0.3) is 0 Å². The van der Waals surface area contributed by atoms with E-state index >= 15 is 0 Å². The third kappa shape index (κ3) is 3.55. The van der Waals surface area contributed by atoms with E-state index < -0.39 is 16.6 Å². The number of hydrogen-bond acceptors (Lipinski definition) is 3. The second kappa shape index (κ2) is 6.62. The maximum atomic E-state index is 13.7. The predicted octanol–water partition coefficient (Wildman–Crippen LogP) is 4.35. The smallest absolute Gasteiger partial charge is 0.276 e. The van der Waals surface area contributed by atoms with Gasteiger partial charge in [0.05, 0.1) is 10.5 Å². The van der Waals surface area contributed by atoms with Crippen molar-refractivity contribution >= 4 is 21.6 Å². The lowest BCUT2D eigenvalue weighted by atomic mass is 10.2. The molecule has 0 fully saturated rings. The summed E-state index contributed by atoms with van der Waals surface area (Å²) in [5.74, 6) is -1.20. The fraction of sp³-hybridized carbons (Fsp3) is 0.143. The molecule has 0 saturated carbocycles. The second-order valence-corrected chi connectivity index (χ2v) is 4.74. The number of para-hydroxylation sites is 1. The molecule has 21 heavy (non-hydrogen) atoms. The summed E-state index contributed by atoms with van der Waals surface area (Å²) in [5, 5.41) is 11.2. The van der Waals surface area contributed by atoms with Gasteiger partial charge in [0.25, 0.3) is 5.69 Å². The number of nitrogens with zero attached hydrogens (tertiary/aromatic N) is 1. The Hall–Kier alpha value is -2.02. The monoisotopic (exact) mass is 357 g/mol. The molecule has 7 heteroatoms. The summed E-state index contributed by atoms with van der Waals surface area (Å²) in [6, 6.07) is 7.47. The molecule has 0 heterocycles. The fourth-order valence-corrected chi connectivity index (χ4v) is 2.26. The molecule has 0 unspecified atom stereocenters. The first-order valence-corrected chi connectivity index (χ1v) is 7.04. The Morgan fingerprint density at radius 1 is 1.19 bits per heavy atom. The number of benzene rings is 2. The highest BCUT2D eigenvalue weighted by Crippen LogP contribution is 2.27. The van der Waals surface area contributed by atoms with E-state index in [0.29, 0.717) is 10.9 Å². The van der Waals surface area contributed by atoms with E-state index in [2.05, 4.69) is 15.9 Å². The number of alkyl halides is 1. The van der Waals surface area contributed by atoms with E-state index in [-0.39, 0.29) is 23.6 Å². The third-order valence-corrected chi connectivity index (χ3v) is 3.41. The van der Waals surface area contributed by atoms with Crippen molar-refractivity contribution < 1.29 is 18.4 Å². The first kappa shape index (κ1) is 15.4. The van der Waals surface area contributed by atoms with Gasteiger partial charge in [0.15, 0.2) is 11.6 Å². The molecule has 0 amide bonds. The Bertz CT molecular complexity index is 679. The molecule has 2 aromatic rings. The first-order chi connectivity index (χ1) is 10.0. The second-order valence-electron chi connectivity index (χ2n) is 4.18. The molecule has 4 nitrogen and oxygen atoms in total. The number of rotatable bonds is 5. The van der Waals surface area contributed by atoms with Crippen molar-refractivity contribution in [3.05, 3.63) is 69.3 Å². The lowest BCUT2D eigenvalue weighted by Crippen LogP contribution is -2.04. The number of halogens is 3. The molecule has 0 atom stereocenters. The van der Waals surface area contributed by atoms with Crippen LogP contribution in [0.3, 0.4) is 0 Å². The first-order valence-electron chi connectivity index (χ1n) is 5.92. The van der Waals surface area contributed by atoms with Gasteiger partial charge in [0.1, 0.15) is 12.4 Å². The average molecular weight is 358 g/mol. The van der Waals surface area contributed by atoms with E-state index in [1.165, 1.54) is 12.1 Å². The predicted molar refractivity (Wildman–Crippen MR) is 76.4 cm³/mol. The summed E-state index contributed by atoms with van der Waals surface area (Å²) in [6.45, 7) is -0.297. The molecule has 0 spiro atoms. The summed E-state index contributed by atoms with van der Waals surface area (Å²) in [4.78, 5) is 10.2. The van der Waals surface area contributed by atoms with Crippen LogP contribution < -0.4 is 4.74 Å². The molecule has 110 valence electrons. The molecule has 2 aromatic carbocycles. The van der Waals surface area contributed by atoms with Crippen LogP contribution in [-0.4, -0.2) is 4.92 Å². The lowest BCUT2D eigenvalue weighted by molar-refractivity contribution is -0.385. The average Bonchev–Trinajstić information content (AvgIpc) is 2.45. The lowest BCUT2D eigenvalue weighted by Gasteiger charge is -2.11. The number of nitro groups is 1. The molecular formula is C14H10BrF2NO3. The molecule has 0 bridgehead atoms. The van der Waals surface area contributed by atoms with Crippen molar-refractivity contribution in [2.75, 3.05) is 0 Å². The molecule has 0 radical (unpaired) electrons. The fourth-order valence-electron chi connectivity index (χ4n) is 1.82. The number of hydrogen-bond donors (Lipinski definition) is 0. The molecule has 0 aliphatic heterocycles. The van der Waals surface area contributed by atoms with Gasteiger partial charge in [-0.15, -0.1) is 0 Å². The summed E-state index contributed by atoms with van der Waals surface area (Å²) in [7, 11) is 0. The zero-order chi connectivity index (χ0) is 15.4. The molecule has 0 aromatic heterocycles. The van der Waals surface area contributed by atoms with E-state index in [9.17, 15) is 18.9 Å². The third-order valence-electron chi connectivity index (χ3n) is 2.80. The largest absolute Gasteiger partial charge is 0.485 e. The van der Waals surface area contributed by atoms with Gasteiger partial charge in [-0.05, 0) is 18.2 Å². The SMILES string of the molecule is O=[N+]([O-])c1ccc(F)cc1COc1c(F)cccc1CBr. The zero-order valence-corrected chi connectivity index (χ0v) is 12.3. The molecule has 0 N–H and O–H groups in total. The molecular weight excluding hydrogens is 348 g/mol. The summed E-state index contributed by atoms with van der Waals surface area (Å²) in [5.41, 5.74) is 0.339. The minimum absolute atomic E-state index is 0.00654. The van der Waals surface area contributed by atoms with Crippen LogP contribution in [0.2, 0.25) is 0 Å². The van der Waals surface area contributed by atoms with Gasteiger partial charge in [-0.3, -0.25) is 10.1 Å². The van der Waals surface area contributed by atoms with E-state index in [1.807, 2.05) is 0 Å². The van der Waals surface area contributed by atoms with Crippen LogP contribution in [-0.2, 0) is 11.9 Å². The number of ether oxygens (including phenoxy) is 1. The highest BCUT2D eigenvalue weighted by Gasteiger charge is 2.16. The van der Waals surface area contributed by atoms with Crippen LogP contribution in [0.1, 0.15) is 11.1 Å². The summed E-state index contributed by atoms with van der Waals surface area (Å²) < 4.78 is 32.2. The van der Waals surface area contributed by atoms with E-state index in [1.54, 1.807) is 6.07 Å². The van der Waals surface area contributed by atoms with Gasteiger partial charge in [-0.2, -0.15) is 0 Å². The topological polar surface area (TPSA) is 52.4 Å². The Labute approximate surface area is 127 Å². The zero-order valence-electron chi connectivity index (χ0n) is 10.7. The van der Waals surface area contributed by atoms with E-state index in [4.69, 9.17) is 4.74 Å². The maximum Gasteiger partial charge on any atom is 0.276 e.